The number of aliphatic hydroxyl groups is 1. The number of amides is 6. The third kappa shape index (κ3) is 22.2. The number of carbonyl (C=O) groups excluding carboxylic acids is 7. The molecule has 0 saturated carbocycles. The highest BCUT2D eigenvalue weighted by atomic mass is 16.5. The van der Waals surface area contributed by atoms with Gasteiger partial charge in [-0.2, -0.15) is 0 Å². The van der Waals surface area contributed by atoms with Crippen molar-refractivity contribution in [1.29, 1.82) is 0 Å². The summed E-state index contributed by atoms with van der Waals surface area (Å²) in [6, 6.07) is -7.51. The van der Waals surface area contributed by atoms with Crippen LogP contribution in [0, 0.1) is 23.7 Å². The predicted molar refractivity (Wildman–Crippen MR) is 233 cm³/mol. The van der Waals surface area contributed by atoms with Crippen LogP contribution in [0.5, 0.6) is 0 Å². The van der Waals surface area contributed by atoms with E-state index in [1.54, 1.807) is 0 Å². The lowest BCUT2D eigenvalue weighted by Gasteiger charge is -2.30. The van der Waals surface area contributed by atoms with Crippen LogP contribution in [0.2, 0.25) is 0 Å². The molecule has 15 nitrogen and oxygen atoms in total. The van der Waals surface area contributed by atoms with Crippen molar-refractivity contribution in [3.05, 3.63) is 0 Å². The molecule has 15 heteroatoms. The van der Waals surface area contributed by atoms with Gasteiger partial charge in [0.05, 0.1) is 6.61 Å². The minimum Gasteiger partial charge on any atom is -0.458 e. The maximum atomic E-state index is 14.2. The van der Waals surface area contributed by atoms with Gasteiger partial charge in [0.25, 0.3) is 0 Å². The molecule has 6 amide bonds. The SMILES string of the molecule is CCCCCCCCCCCCCC(=O)NC1C(=O)NC(CC(C)C)C(=O)NC(CC(C)C)C(=O)NC(CO)C(=O)NC(CC(C)C)C(=O)NC(CC(C)C)C(=O)OC1C. The highest BCUT2D eigenvalue weighted by Crippen LogP contribution is 2.16. The highest BCUT2D eigenvalue weighted by molar-refractivity contribution is 5.97. The third-order valence-electron chi connectivity index (χ3n) is 10.5. The fourth-order valence-electron chi connectivity index (χ4n) is 7.26. The van der Waals surface area contributed by atoms with Crippen LogP contribution in [0.1, 0.15) is 172 Å². The molecule has 1 fully saturated rings. The maximum Gasteiger partial charge on any atom is 0.328 e. The van der Waals surface area contributed by atoms with Gasteiger partial charge in [0.15, 0.2) is 0 Å². The molecule has 7 N–H and O–H groups in total. The molecule has 0 aromatic heterocycles. The average molecular weight is 851 g/mol. The van der Waals surface area contributed by atoms with Crippen LogP contribution in [0.4, 0.5) is 0 Å². The number of esters is 1. The van der Waals surface area contributed by atoms with Crippen molar-refractivity contribution in [2.45, 2.75) is 214 Å². The molecule has 0 radical (unpaired) electrons. The van der Waals surface area contributed by atoms with Crippen molar-refractivity contribution >= 4 is 41.4 Å². The standard InChI is InChI=1S/C45H82N6O9/c1-11-12-13-14-15-16-17-18-19-20-21-22-38(53)51-39-32(10)60-45(59)36(26-31(8)9)49-41(55)33(23-28(2)3)47-43(57)37(27-52)50-42(56)34(24-29(4)5)46-40(54)35(25-30(6)7)48-44(39)58/h28-37,39,52H,11-27H2,1-10H3,(H,46,54)(H,47,57)(H,48,58)(H,49,55)(H,50,56)(H,51,53). The topological polar surface area (TPSA) is 221 Å². The molecule has 346 valence electrons. The Hall–Kier alpha value is -3.75. The largest absolute Gasteiger partial charge is 0.458 e. The highest BCUT2D eigenvalue weighted by Gasteiger charge is 2.37. The number of rotatable bonds is 22. The number of unbranched alkanes of at least 4 members (excludes halogenated alkanes) is 10. The number of carbonyl (C=O) groups is 7. The van der Waals surface area contributed by atoms with Gasteiger partial charge in [-0.05, 0) is 62.7 Å². The van der Waals surface area contributed by atoms with Crippen LogP contribution in [-0.2, 0) is 38.3 Å². The average Bonchev–Trinajstić information content (AvgIpc) is 3.15. The van der Waals surface area contributed by atoms with Crippen molar-refractivity contribution in [2.24, 2.45) is 23.7 Å². The molecule has 0 bridgehead atoms. The van der Waals surface area contributed by atoms with E-state index >= 15 is 0 Å². The minimum atomic E-state index is -1.47. The second-order valence-electron chi connectivity index (χ2n) is 18.5. The molecular formula is C45H82N6O9. The molecule has 1 rings (SSSR count). The van der Waals surface area contributed by atoms with Gasteiger partial charge in [0.2, 0.25) is 35.4 Å². The van der Waals surface area contributed by atoms with E-state index in [9.17, 15) is 38.7 Å². The summed E-state index contributed by atoms with van der Waals surface area (Å²) >= 11 is 0. The molecule has 0 aliphatic carbocycles. The van der Waals surface area contributed by atoms with Crippen LogP contribution < -0.4 is 31.9 Å². The summed E-state index contributed by atoms with van der Waals surface area (Å²) in [5, 5.41) is 26.3. The van der Waals surface area contributed by atoms with E-state index in [0.29, 0.717) is 6.42 Å². The first-order valence-corrected chi connectivity index (χ1v) is 22.9. The summed E-state index contributed by atoms with van der Waals surface area (Å²) in [6.45, 7) is 17.7. The number of aliphatic hydroxyl groups excluding tert-OH is 1. The smallest absolute Gasteiger partial charge is 0.328 e. The predicted octanol–water partition coefficient (Wildman–Crippen LogP) is 4.72. The molecular weight excluding hydrogens is 769 g/mol. The van der Waals surface area contributed by atoms with Gasteiger partial charge in [-0.15, -0.1) is 0 Å². The minimum absolute atomic E-state index is 0.0854. The normalized spacial score (nSPS) is 24.2. The van der Waals surface area contributed by atoms with Crippen molar-refractivity contribution in [2.75, 3.05) is 6.61 Å². The van der Waals surface area contributed by atoms with E-state index in [1.165, 1.54) is 45.4 Å². The lowest BCUT2D eigenvalue weighted by Crippen LogP contribution is -2.60. The molecule has 1 saturated heterocycles. The molecule has 0 aromatic carbocycles. The lowest BCUT2D eigenvalue weighted by molar-refractivity contribution is -0.156. The van der Waals surface area contributed by atoms with Crippen molar-refractivity contribution < 1.29 is 43.4 Å². The number of cyclic esters (lactones) is 1. The van der Waals surface area contributed by atoms with E-state index < -0.39 is 90.4 Å². The Labute approximate surface area is 360 Å². The van der Waals surface area contributed by atoms with Crippen molar-refractivity contribution in [1.82, 2.24) is 31.9 Å². The van der Waals surface area contributed by atoms with Gasteiger partial charge in [0.1, 0.15) is 42.4 Å². The molecule has 1 aliphatic heterocycles. The van der Waals surface area contributed by atoms with Crippen molar-refractivity contribution in [3.63, 3.8) is 0 Å². The monoisotopic (exact) mass is 851 g/mol. The van der Waals surface area contributed by atoms with E-state index in [1.807, 2.05) is 55.4 Å². The zero-order valence-electron chi connectivity index (χ0n) is 38.6. The van der Waals surface area contributed by atoms with Gasteiger partial charge in [0, 0.05) is 6.42 Å². The Morgan fingerprint density at radius 1 is 0.533 bits per heavy atom. The molecule has 0 spiro atoms. The van der Waals surface area contributed by atoms with Crippen LogP contribution in [0.3, 0.4) is 0 Å². The zero-order valence-corrected chi connectivity index (χ0v) is 38.6. The van der Waals surface area contributed by atoms with Gasteiger partial charge >= 0.3 is 5.97 Å². The van der Waals surface area contributed by atoms with Crippen molar-refractivity contribution in [3.8, 4) is 0 Å². The lowest BCUT2D eigenvalue weighted by atomic mass is 9.99. The van der Waals surface area contributed by atoms with E-state index in [0.717, 1.165) is 25.7 Å². The summed E-state index contributed by atoms with van der Waals surface area (Å²) in [6.07, 6.45) is 11.8. The Morgan fingerprint density at radius 2 is 0.867 bits per heavy atom. The summed E-state index contributed by atoms with van der Waals surface area (Å²) in [5.74, 6) is -5.28. The van der Waals surface area contributed by atoms with Gasteiger partial charge in [-0.1, -0.05) is 127 Å². The molecule has 1 heterocycles. The number of hydrogen-bond donors (Lipinski definition) is 7. The number of nitrogens with one attached hydrogen (secondary N) is 6. The van der Waals surface area contributed by atoms with Crippen LogP contribution >= 0.6 is 0 Å². The fraction of sp³-hybridized carbons (Fsp3) is 0.844. The quantitative estimate of drug-likeness (QED) is 0.0591. The maximum absolute atomic E-state index is 14.2. The van der Waals surface area contributed by atoms with Gasteiger partial charge in [-0.25, -0.2) is 4.79 Å². The number of ether oxygens (including phenoxy) is 1. The summed E-state index contributed by atoms with van der Waals surface area (Å²) in [4.78, 5) is 96.4. The molecule has 7 atom stereocenters. The van der Waals surface area contributed by atoms with E-state index in [-0.39, 0.29) is 55.8 Å². The van der Waals surface area contributed by atoms with Gasteiger partial charge in [-0.3, -0.25) is 28.8 Å². The summed E-state index contributed by atoms with van der Waals surface area (Å²) in [7, 11) is 0. The zero-order chi connectivity index (χ0) is 45.4. The van der Waals surface area contributed by atoms with Crippen LogP contribution in [0.25, 0.3) is 0 Å². The van der Waals surface area contributed by atoms with Crippen LogP contribution in [-0.4, -0.2) is 95.5 Å². The van der Waals surface area contributed by atoms with Crippen LogP contribution in [0.15, 0.2) is 0 Å². The second-order valence-corrected chi connectivity index (χ2v) is 18.5. The molecule has 1 aliphatic rings. The Kier molecular flexibility index (Phi) is 26.7. The van der Waals surface area contributed by atoms with E-state index in [4.69, 9.17) is 4.74 Å². The van der Waals surface area contributed by atoms with E-state index in [2.05, 4.69) is 38.8 Å². The summed E-state index contributed by atoms with van der Waals surface area (Å²) in [5.41, 5.74) is 0. The molecule has 60 heavy (non-hydrogen) atoms. The van der Waals surface area contributed by atoms with Gasteiger partial charge < -0.3 is 41.7 Å². The second kappa shape index (κ2) is 29.5. The first kappa shape index (κ1) is 54.3. The first-order valence-electron chi connectivity index (χ1n) is 22.9. The molecule has 0 aromatic rings. The summed E-state index contributed by atoms with van der Waals surface area (Å²) < 4.78 is 5.86. The Bertz CT molecular complexity index is 1340. The number of hydrogen-bond acceptors (Lipinski definition) is 9. The third-order valence-corrected chi connectivity index (χ3v) is 10.5. The molecule has 7 unspecified atom stereocenters. The Balaban J connectivity index is 3.52. The fourth-order valence-corrected chi connectivity index (χ4v) is 7.26. The Morgan fingerprint density at radius 3 is 1.27 bits per heavy atom. The first-order chi connectivity index (χ1) is 28.3.